The van der Waals surface area contributed by atoms with Crippen LogP contribution in [-0.2, 0) is 11.3 Å². The number of rotatable bonds is 3. The van der Waals surface area contributed by atoms with Crippen molar-refractivity contribution in [2.75, 3.05) is 0 Å². The van der Waals surface area contributed by atoms with E-state index in [-0.39, 0.29) is 12.5 Å². The molecule has 1 heterocycles. The molecule has 1 aromatic carbocycles. The van der Waals surface area contributed by atoms with Crippen LogP contribution < -0.4 is 16.6 Å². The lowest BCUT2D eigenvalue weighted by atomic mass is 10.1. The molecule has 1 aromatic rings. The molecule has 0 radical (unpaired) electrons. The molecule has 0 bridgehead atoms. The lowest BCUT2D eigenvalue weighted by Crippen LogP contribution is -2.40. The minimum atomic E-state index is -0.900. The number of urea groups is 1. The highest BCUT2D eigenvalue weighted by Crippen LogP contribution is 2.24. The molecular formula is C13H15BrN4O3. The third-order valence-corrected chi connectivity index (χ3v) is 3.96. The van der Waals surface area contributed by atoms with Crippen molar-refractivity contribution in [3.8, 4) is 0 Å². The number of hydrogen-bond donors (Lipinski definition) is 3. The monoisotopic (exact) mass is 354 g/mol. The summed E-state index contributed by atoms with van der Waals surface area (Å²) < 4.78 is 0.619. The molecule has 21 heavy (non-hydrogen) atoms. The van der Waals surface area contributed by atoms with Gasteiger partial charge in [-0.2, -0.15) is 0 Å². The van der Waals surface area contributed by atoms with Crippen LogP contribution in [0.1, 0.15) is 29.8 Å². The Labute approximate surface area is 130 Å². The Morgan fingerprint density at radius 1 is 1.43 bits per heavy atom. The second kappa shape index (κ2) is 5.45. The van der Waals surface area contributed by atoms with E-state index in [0.29, 0.717) is 15.6 Å². The minimum absolute atomic E-state index is 0.124. The van der Waals surface area contributed by atoms with E-state index in [2.05, 4.69) is 21.2 Å². The summed E-state index contributed by atoms with van der Waals surface area (Å²) in [6.45, 7) is 3.42. The van der Waals surface area contributed by atoms with Crippen molar-refractivity contribution in [1.82, 2.24) is 15.6 Å². The zero-order valence-electron chi connectivity index (χ0n) is 11.6. The second-order valence-corrected chi connectivity index (χ2v) is 6.08. The van der Waals surface area contributed by atoms with Crippen molar-refractivity contribution in [3.63, 3.8) is 0 Å². The molecule has 0 atom stereocenters. The third-order valence-electron chi connectivity index (χ3n) is 3.22. The lowest BCUT2D eigenvalue weighted by Gasteiger charge is -2.17. The van der Waals surface area contributed by atoms with E-state index >= 15 is 0 Å². The van der Waals surface area contributed by atoms with Crippen molar-refractivity contribution in [2.24, 2.45) is 5.84 Å². The number of nitrogens with zero attached hydrogens (tertiary/aromatic N) is 1. The first-order chi connectivity index (χ1) is 9.76. The van der Waals surface area contributed by atoms with Crippen LogP contribution in [0.3, 0.4) is 0 Å². The normalized spacial score (nSPS) is 16.9. The van der Waals surface area contributed by atoms with Crippen LogP contribution in [0.15, 0.2) is 22.7 Å². The molecule has 1 aliphatic rings. The van der Waals surface area contributed by atoms with Gasteiger partial charge in [-0.15, -0.1) is 0 Å². The third kappa shape index (κ3) is 2.91. The quantitative estimate of drug-likeness (QED) is 0.324. The Kier molecular flexibility index (Phi) is 4.02. The van der Waals surface area contributed by atoms with Crippen LogP contribution >= 0.6 is 15.9 Å². The van der Waals surface area contributed by atoms with Crippen LogP contribution in [0, 0.1) is 0 Å². The van der Waals surface area contributed by atoms with Crippen LogP contribution in [0.5, 0.6) is 0 Å². The molecule has 1 aliphatic heterocycles. The summed E-state index contributed by atoms with van der Waals surface area (Å²) in [6.07, 6.45) is 0. The summed E-state index contributed by atoms with van der Waals surface area (Å²) in [5, 5.41) is 2.61. The Balaban J connectivity index is 2.23. The number of benzene rings is 1. The van der Waals surface area contributed by atoms with Crippen molar-refractivity contribution in [1.29, 1.82) is 0 Å². The topological polar surface area (TPSA) is 105 Å². The highest BCUT2D eigenvalue weighted by molar-refractivity contribution is 9.10. The molecule has 4 amide bonds. The van der Waals surface area contributed by atoms with Crippen molar-refractivity contribution in [3.05, 3.63) is 33.8 Å². The van der Waals surface area contributed by atoms with Crippen molar-refractivity contribution >= 4 is 33.8 Å². The van der Waals surface area contributed by atoms with E-state index in [9.17, 15) is 14.4 Å². The maximum absolute atomic E-state index is 12.1. The summed E-state index contributed by atoms with van der Waals surface area (Å²) >= 11 is 3.33. The fourth-order valence-corrected chi connectivity index (χ4v) is 2.54. The number of hydrazine groups is 1. The van der Waals surface area contributed by atoms with Gasteiger partial charge in [0.25, 0.3) is 11.8 Å². The standard InChI is InChI=1S/C13H15BrN4O3/c1-13(2)11(20)18(12(21)16-13)6-8-4-3-7(5-9(8)14)10(19)17-15/h3-5H,6,15H2,1-2H3,(H,16,21)(H,17,19). The Hall–Kier alpha value is -1.93. The van der Waals surface area contributed by atoms with Crippen molar-refractivity contribution in [2.45, 2.75) is 25.9 Å². The molecule has 7 nitrogen and oxygen atoms in total. The Bertz CT molecular complexity index is 630. The van der Waals surface area contributed by atoms with Gasteiger partial charge in [0.2, 0.25) is 0 Å². The molecule has 0 aliphatic carbocycles. The number of carbonyl (C=O) groups excluding carboxylic acids is 3. The molecule has 2 rings (SSSR count). The van der Waals surface area contributed by atoms with Crippen LogP contribution in [0.4, 0.5) is 4.79 Å². The van der Waals surface area contributed by atoms with E-state index in [1.807, 2.05) is 5.43 Å². The first kappa shape index (κ1) is 15.5. The fraction of sp³-hybridized carbons (Fsp3) is 0.308. The fourth-order valence-electron chi connectivity index (χ4n) is 2.03. The predicted molar refractivity (Wildman–Crippen MR) is 79.0 cm³/mol. The van der Waals surface area contributed by atoms with Crippen LogP contribution in [0.2, 0.25) is 0 Å². The largest absolute Gasteiger partial charge is 0.325 e. The minimum Gasteiger partial charge on any atom is -0.324 e. The SMILES string of the molecule is CC1(C)NC(=O)N(Cc2ccc(C(=O)NN)cc2Br)C1=O. The maximum atomic E-state index is 12.1. The summed E-state index contributed by atoms with van der Waals surface area (Å²) in [4.78, 5) is 36.5. The summed E-state index contributed by atoms with van der Waals surface area (Å²) in [5.41, 5.74) is 2.23. The zero-order valence-corrected chi connectivity index (χ0v) is 13.2. The van der Waals surface area contributed by atoms with Gasteiger partial charge in [0, 0.05) is 10.0 Å². The molecule has 0 aromatic heterocycles. The summed E-state index contributed by atoms with van der Waals surface area (Å²) in [5.74, 6) is 4.36. The number of halogens is 1. The Morgan fingerprint density at radius 3 is 2.57 bits per heavy atom. The average molecular weight is 355 g/mol. The molecular weight excluding hydrogens is 340 g/mol. The van der Waals surface area contributed by atoms with Gasteiger partial charge in [-0.25, -0.2) is 10.6 Å². The van der Waals surface area contributed by atoms with Gasteiger partial charge in [0.05, 0.1) is 6.54 Å². The Morgan fingerprint density at radius 2 is 2.10 bits per heavy atom. The molecule has 112 valence electrons. The number of nitrogen functional groups attached to an aromatic ring is 1. The van der Waals surface area contributed by atoms with Crippen LogP contribution in [0.25, 0.3) is 0 Å². The molecule has 0 unspecified atom stereocenters. The predicted octanol–water partition coefficient (Wildman–Crippen LogP) is 0.883. The second-order valence-electron chi connectivity index (χ2n) is 5.23. The van der Waals surface area contributed by atoms with Crippen LogP contribution in [-0.4, -0.2) is 28.3 Å². The number of carbonyl (C=O) groups is 3. The number of amides is 4. The molecule has 8 heteroatoms. The molecule has 0 saturated carbocycles. The van der Waals surface area contributed by atoms with Crippen molar-refractivity contribution < 1.29 is 14.4 Å². The first-order valence-corrected chi connectivity index (χ1v) is 6.99. The molecule has 1 fully saturated rings. The first-order valence-electron chi connectivity index (χ1n) is 6.20. The molecule has 1 saturated heterocycles. The molecule has 4 N–H and O–H groups in total. The highest BCUT2D eigenvalue weighted by atomic mass is 79.9. The van der Waals surface area contributed by atoms with E-state index in [1.165, 1.54) is 0 Å². The smallest absolute Gasteiger partial charge is 0.324 e. The average Bonchev–Trinajstić information content (AvgIpc) is 2.61. The maximum Gasteiger partial charge on any atom is 0.325 e. The zero-order chi connectivity index (χ0) is 15.8. The summed E-state index contributed by atoms with van der Waals surface area (Å²) in [7, 11) is 0. The number of nitrogens with one attached hydrogen (secondary N) is 2. The van der Waals surface area contributed by atoms with Gasteiger partial charge in [-0.3, -0.25) is 19.9 Å². The number of hydrogen-bond acceptors (Lipinski definition) is 4. The van der Waals surface area contributed by atoms with Gasteiger partial charge in [0.1, 0.15) is 5.54 Å². The van der Waals surface area contributed by atoms with E-state index in [1.54, 1.807) is 32.0 Å². The number of nitrogens with two attached hydrogens (primary N) is 1. The van der Waals surface area contributed by atoms with Gasteiger partial charge in [-0.05, 0) is 31.5 Å². The summed E-state index contributed by atoms with van der Waals surface area (Å²) in [6, 6.07) is 4.40. The lowest BCUT2D eigenvalue weighted by molar-refractivity contribution is -0.130. The van der Waals surface area contributed by atoms with Gasteiger partial charge < -0.3 is 5.32 Å². The van der Waals surface area contributed by atoms with Gasteiger partial charge in [0.15, 0.2) is 0 Å². The van der Waals surface area contributed by atoms with E-state index < -0.39 is 17.5 Å². The molecule has 0 spiro atoms. The van der Waals surface area contributed by atoms with Gasteiger partial charge >= 0.3 is 6.03 Å². The highest BCUT2D eigenvalue weighted by Gasteiger charge is 2.44. The van der Waals surface area contributed by atoms with E-state index in [0.717, 1.165) is 4.90 Å². The van der Waals surface area contributed by atoms with Gasteiger partial charge in [-0.1, -0.05) is 22.0 Å². The van der Waals surface area contributed by atoms with E-state index in [4.69, 9.17) is 5.84 Å². The number of imide groups is 1.